The molecule has 0 saturated heterocycles. The van der Waals surface area contributed by atoms with Crippen LogP contribution in [0.4, 0.5) is 5.69 Å². The van der Waals surface area contributed by atoms with Crippen LogP contribution < -0.4 is 10.4 Å². The molecule has 0 fully saturated rings. The van der Waals surface area contributed by atoms with Crippen LogP contribution in [0.25, 0.3) is 5.70 Å². The van der Waals surface area contributed by atoms with Gasteiger partial charge in [0.2, 0.25) is 0 Å². The van der Waals surface area contributed by atoms with Gasteiger partial charge < -0.3 is 0 Å². The minimum Gasteiger partial charge on any atom is -0.277 e. The SMILES string of the molecule is N#Cc1ccc(C2=NC(c3ccc(Br)cc3)=CN(c3ccccc3)N2)cc1. The van der Waals surface area contributed by atoms with Crippen molar-refractivity contribution in [2.45, 2.75) is 0 Å². The highest BCUT2D eigenvalue weighted by atomic mass is 79.9. The van der Waals surface area contributed by atoms with Crippen LogP contribution in [0.2, 0.25) is 0 Å². The molecule has 0 amide bonds. The summed E-state index contributed by atoms with van der Waals surface area (Å²) >= 11 is 3.48. The summed E-state index contributed by atoms with van der Waals surface area (Å²) in [5.74, 6) is 0.726. The summed E-state index contributed by atoms with van der Waals surface area (Å²) in [4.78, 5) is 4.81. The van der Waals surface area contributed by atoms with Crippen molar-refractivity contribution < 1.29 is 0 Å². The number of anilines is 1. The van der Waals surface area contributed by atoms with Gasteiger partial charge in [-0.2, -0.15) is 5.26 Å². The van der Waals surface area contributed by atoms with Gasteiger partial charge in [0.1, 0.15) is 0 Å². The van der Waals surface area contributed by atoms with E-state index >= 15 is 0 Å². The van der Waals surface area contributed by atoms with Gasteiger partial charge in [0.25, 0.3) is 0 Å². The van der Waals surface area contributed by atoms with Crippen molar-refractivity contribution in [3.05, 3.63) is 106 Å². The summed E-state index contributed by atoms with van der Waals surface area (Å²) in [6.45, 7) is 0. The summed E-state index contributed by atoms with van der Waals surface area (Å²) in [6, 6.07) is 27.7. The van der Waals surface area contributed by atoms with Crippen LogP contribution in [0.5, 0.6) is 0 Å². The van der Waals surface area contributed by atoms with Crippen molar-refractivity contribution in [3.63, 3.8) is 0 Å². The summed E-state index contributed by atoms with van der Waals surface area (Å²) in [6.07, 6.45) is 1.98. The first kappa shape index (κ1) is 17.1. The number of nitrogens with one attached hydrogen (secondary N) is 1. The predicted octanol–water partition coefficient (Wildman–Crippen LogP) is 5.09. The van der Waals surface area contributed by atoms with Crippen LogP contribution in [0.3, 0.4) is 0 Å². The van der Waals surface area contributed by atoms with Crippen molar-refractivity contribution in [2.24, 2.45) is 4.99 Å². The molecule has 1 aliphatic rings. The maximum absolute atomic E-state index is 9.03. The Bertz CT molecular complexity index is 1050. The second-order valence-corrected chi connectivity index (χ2v) is 6.90. The van der Waals surface area contributed by atoms with Gasteiger partial charge >= 0.3 is 0 Å². The zero-order chi connectivity index (χ0) is 18.6. The van der Waals surface area contributed by atoms with Gasteiger partial charge in [-0.1, -0.05) is 46.3 Å². The van der Waals surface area contributed by atoms with Crippen LogP contribution in [-0.4, -0.2) is 5.84 Å². The van der Waals surface area contributed by atoms with Crippen LogP contribution in [-0.2, 0) is 0 Å². The van der Waals surface area contributed by atoms with Gasteiger partial charge in [-0.3, -0.25) is 10.4 Å². The van der Waals surface area contributed by atoms with Crippen molar-refractivity contribution in [2.75, 3.05) is 5.01 Å². The molecule has 0 unspecified atom stereocenters. The zero-order valence-corrected chi connectivity index (χ0v) is 15.9. The molecule has 0 radical (unpaired) electrons. The first-order valence-corrected chi connectivity index (χ1v) is 9.20. The Kier molecular flexibility index (Phi) is 4.73. The highest BCUT2D eigenvalue weighted by Gasteiger charge is 2.17. The minimum atomic E-state index is 0.624. The van der Waals surface area contributed by atoms with Gasteiger partial charge in [0.05, 0.1) is 29.2 Å². The van der Waals surface area contributed by atoms with Crippen LogP contribution in [0.1, 0.15) is 16.7 Å². The quantitative estimate of drug-likeness (QED) is 0.648. The van der Waals surface area contributed by atoms with Gasteiger partial charge in [0.15, 0.2) is 5.84 Å². The van der Waals surface area contributed by atoms with Crippen LogP contribution >= 0.6 is 15.9 Å². The molecule has 5 heteroatoms. The molecule has 0 spiro atoms. The minimum absolute atomic E-state index is 0.624. The molecule has 1 aliphatic heterocycles. The van der Waals surface area contributed by atoms with Crippen molar-refractivity contribution in [1.82, 2.24) is 5.43 Å². The lowest BCUT2D eigenvalue weighted by molar-refractivity contribution is 0.908. The summed E-state index contributed by atoms with van der Waals surface area (Å²) in [5.41, 5.74) is 7.77. The molecule has 4 nitrogen and oxygen atoms in total. The highest BCUT2D eigenvalue weighted by molar-refractivity contribution is 9.10. The topological polar surface area (TPSA) is 51.4 Å². The highest BCUT2D eigenvalue weighted by Crippen LogP contribution is 2.25. The van der Waals surface area contributed by atoms with E-state index in [1.54, 1.807) is 12.1 Å². The summed E-state index contributed by atoms with van der Waals surface area (Å²) in [7, 11) is 0. The van der Waals surface area contributed by atoms with E-state index in [1.165, 1.54) is 0 Å². The smallest absolute Gasteiger partial charge is 0.152 e. The second kappa shape index (κ2) is 7.48. The lowest BCUT2D eigenvalue weighted by Crippen LogP contribution is -2.41. The molecule has 3 aromatic rings. The molecule has 0 saturated carbocycles. The number of aliphatic imine (C=N–C) groups is 1. The zero-order valence-electron chi connectivity index (χ0n) is 14.3. The molecule has 27 heavy (non-hydrogen) atoms. The third-order valence-corrected chi connectivity index (χ3v) is 4.70. The monoisotopic (exact) mass is 414 g/mol. The van der Waals surface area contributed by atoms with E-state index in [-0.39, 0.29) is 0 Å². The Labute approximate surface area is 166 Å². The van der Waals surface area contributed by atoms with E-state index in [4.69, 9.17) is 10.3 Å². The number of para-hydroxylation sites is 1. The number of benzene rings is 3. The molecule has 3 aromatic carbocycles. The van der Waals surface area contributed by atoms with Crippen molar-refractivity contribution >= 4 is 33.1 Å². The standard InChI is InChI=1S/C22H15BrN4/c23-19-12-10-17(11-13-19)21-15-27(20-4-2-1-3-5-20)26-22(25-21)18-8-6-16(14-24)7-9-18/h1-13,15H,(H,25,26). The first-order valence-electron chi connectivity index (χ1n) is 8.41. The van der Waals surface area contributed by atoms with Gasteiger partial charge in [-0.25, -0.2) is 4.99 Å². The van der Waals surface area contributed by atoms with E-state index < -0.39 is 0 Å². The molecule has 0 aliphatic carbocycles. The number of hydrazine groups is 1. The molecule has 1 N–H and O–H groups in total. The molecule has 1 heterocycles. The molecular formula is C22H15BrN4. The lowest BCUT2D eigenvalue weighted by atomic mass is 10.1. The Hall–Kier alpha value is -3.36. The average Bonchev–Trinajstić information content (AvgIpc) is 2.74. The van der Waals surface area contributed by atoms with Crippen molar-refractivity contribution in [3.8, 4) is 6.07 Å². The van der Waals surface area contributed by atoms with Gasteiger partial charge in [-0.15, -0.1) is 0 Å². The van der Waals surface area contributed by atoms with Crippen molar-refractivity contribution in [1.29, 1.82) is 5.26 Å². The molecule has 0 bridgehead atoms. The predicted molar refractivity (Wildman–Crippen MR) is 112 cm³/mol. The number of nitrogens with zero attached hydrogens (tertiary/aromatic N) is 3. The average molecular weight is 415 g/mol. The molecule has 130 valence electrons. The first-order chi connectivity index (χ1) is 13.2. The number of halogens is 1. The summed E-state index contributed by atoms with van der Waals surface area (Å²) in [5, 5.41) is 11.0. The Morgan fingerprint density at radius 2 is 1.52 bits per heavy atom. The molecule has 0 atom stereocenters. The number of amidine groups is 1. The lowest BCUT2D eigenvalue weighted by Gasteiger charge is -2.28. The van der Waals surface area contributed by atoms with Crippen LogP contribution in [0.15, 0.2) is 94.5 Å². The fourth-order valence-corrected chi connectivity index (χ4v) is 3.03. The maximum atomic E-state index is 9.03. The van der Waals surface area contributed by atoms with E-state index in [0.717, 1.165) is 32.8 Å². The van der Waals surface area contributed by atoms with E-state index in [9.17, 15) is 0 Å². The van der Waals surface area contributed by atoms with Gasteiger partial charge in [0, 0.05) is 15.6 Å². The van der Waals surface area contributed by atoms with Gasteiger partial charge in [-0.05, 0) is 48.5 Å². The fraction of sp³-hybridized carbons (Fsp3) is 0. The number of hydrogen-bond acceptors (Lipinski definition) is 4. The summed E-state index contributed by atoms with van der Waals surface area (Å²) < 4.78 is 1.02. The Morgan fingerprint density at radius 3 is 2.19 bits per heavy atom. The fourth-order valence-electron chi connectivity index (χ4n) is 2.76. The maximum Gasteiger partial charge on any atom is 0.152 e. The van der Waals surface area contributed by atoms with Crippen LogP contribution in [0, 0.1) is 11.3 Å². The Morgan fingerprint density at radius 1 is 0.852 bits per heavy atom. The molecule has 4 rings (SSSR count). The van der Waals surface area contributed by atoms with E-state index in [2.05, 4.69) is 27.4 Å². The number of hydrogen-bond donors (Lipinski definition) is 1. The number of rotatable bonds is 3. The molecule has 0 aromatic heterocycles. The largest absolute Gasteiger partial charge is 0.277 e. The Balaban J connectivity index is 1.77. The van der Waals surface area contributed by atoms with E-state index in [1.807, 2.05) is 77.9 Å². The number of nitriles is 1. The molecular weight excluding hydrogens is 400 g/mol. The second-order valence-electron chi connectivity index (χ2n) is 5.99. The van der Waals surface area contributed by atoms with E-state index in [0.29, 0.717) is 5.56 Å². The normalized spacial score (nSPS) is 13.3. The third kappa shape index (κ3) is 3.76. The third-order valence-electron chi connectivity index (χ3n) is 4.17.